The third kappa shape index (κ3) is 10.9. The molecule has 0 radical (unpaired) electrons. The zero-order valence-corrected chi connectivity index (χ0v) is 14.8. The molecule has 1 aromatic carbocycles. The first-order valence-electron chi connectivity index (χ1n) is 7.94. The van der Waals surface area contributed by atoms with E-state index in [9.17, 15) is 9.59 Å². The number of amides is 1. The lowest BCUT2D eigenvalue weighted by atomic mass is 10.2. The van der Waals surface area contributed by atoms with Crippen LogP contribution in [0.4, 0.5) is 5.69 Å². The van der Waals surface area contributed by atoms with E-state index >= 15 is 0 Å². The molecule has 0 heterocycles. The highest BCUT2D eigenvalue weighted by atomic mass is 16.4. The average molecular weight is 309 g/mol. The molecular formula is C18H31NO3. The molecule has 0 atom stereocenters. The Kier molecular flexibility index (Phi) is 14.4. The van der Waals surface area contributed by atoms with E-state index in [-0.39, 0.29) is 18.4 Å². The molecule has 1 aromatic rings. The van der Waals surface area contributed by atoms with Crippen LogP contribution in [0.2, 0.25) is 0 Å². The molecule has 0 spiro atoms. The summed E-state index contributed by atoms with van der Waals surface area (Å²) < 4.78 is 0. The molecule has 1 amide bonds. The van der Waals surface area contributed by atoms with Crippen LogP contribution < -0.4 is 4.90 Å². The number of carbonyl (C=O) groups excluding carboxylic acids is 1. The lowest BCUT2D eigenvalue weighted by Crippen LogP contribution is -2.36. The molecule has 0 aliphatic rings. The Hall–Kier alpha value is -1.84. The Balaban J connectivity index is 0. The molecule has 126 valence electrons. The Morgan fingerprint density at radius 1 is 1.00 bits per heavy atom. The van der Waals surface area contributed by atoms with Gasteiger partial charge in [0.1, 0.15) is 0 Å². The van der Waals surface area contributed by atoms with Gasteiger partial charge in [0.2, 0.25) is 5.91 Å². The maximum atomic E-state index is 11.7. The van der Waals surface area contributed by atoms with Crippen molar-refractivity contribution in [2.45, 2.75) is 66.8 Å². The van der Waals surface area contributed by atoms with E-state index in [1.165, 1.54) is 6.42 Å². The molecule has 0 aliphatic heterocycles. The summed E-state index contributed by atoms with van der Waals surface area (Å²) in [5, 5.41) is 7.72. The molecule has 1 N–H and O–H groups in total. The van der Waals surface area contributed by atoms with Crippen molar-refractivity contribution in [3.63, 3.8) is 0 Å². The Bertz CT molecular complexity index is 402. The molecule has 0 bridgehead atoms. The zero-order chi connectivity index (χ0) is 17.5. The summed E-state index contributed by atoms with van der Waals surface area (Å²) in [7, 11) is 0. The predicted octanol–water partition coefficient (Wildman–Crippen LogP) is 4.74. The van der Waals surface area contributed by atoms with Gasteiger partial charge in [-0.05, 0) is 26.0 Å². The quantitative estimate of drug-likeness (QED) is 0.874. The minimum absolute atomic E-state index is 0.172. The third-order valence-corrected chi connectivity index (χ3v) is 2.42. The summed E-state index contributed by atoms with van der Waals surface area (Å²) >= 11 is 0. The van der Waals surface area contributed by atoms with Crippen molar-refractivity contribution in [2.24, 2.45) is 0 Å². The van der Waals surface area contributed by atoms with Gasteiger partial charge in [-0.2, -0.15) is 0 Å². The van der Waals surface area contributed by atoms with Crippen molar-refractivity contribution in [1.29, 1.82) is 0 Å². The lowest BCUT2D eigenvalue weighted by molar-refractivity contribution is -0.136. The number of anilines is 1. The predicted molar refractivity (Wildman–Crippen MR) is 93.2 cm³/mol. The number of benzene rings is 1. The van der Waals surface area contributed by atoms with Crippen LogP contribution in [-0.2, 0) is 9.59 Å². The van der Waals surface area contributed by atoms with Crippen molar-refractivity contribution in [3.8, 4) is 0 Å². The van der Waals surface area contributed by atoms with Gasteiger partial charge in [0, 0.05) is 24.6 Å². The van der Waals surface area contributed by atoms with Crippen LogP contribution in [0.25, 0.3) is 0 Å². The largest absolute Gasteiger partial charge is 0.481 e. The summed E-state index contributed by atoms with van der Waals surface area (Å²) in [4.78, 5) is 22.9. The molecule has 4 nitrogen and oxygen atoms in total. The summed E-state index contributed by atoms with van der Waals surface area (Å²) in [6, 6.07) is 10.0. The van der Waals surface area contributed by atoms with Crippen molar-refractivity contribution < 1.29 is 14.7 Å². The Morgan fingerprint density at radius 2 is 1.41 bits per heavy atom. The molecule has 4 heteroatoms. The van der Waals surface area contributed by atoms with Gasteiger partial charge in [0.15, 0.2) is 0 Å². The normalized spacial score (nSPS) is 9.05. The van der Waals surface area contributed by atoms with E-state index < -0.39 is 5.97 Å². The van der Waals surface area contributed by atoms with Crippen LogP contribution in [0.5, 0.6) is 0 Å². The molecular weight excluding hydrogens is 278 g/mol. The number of para-hydroxylation sites is 1. The molecule has 1 rings (SSSR count). The highest BCUT2D eigenvalue weighted by Crippen LogP contribution is 2.17. The van der Waals surface area contributed by atoms with Gasteiger partial charge in [-0.25, -0.2) is 0 Å². The van der Waals surface area contributed by atoms with Crippen molar-refractivity contribution in [1.82, 2.24) is 0 Å². The molecule has 22 heavy (non-hydrogen) atoms. The second kappa shape index (κ2) is 14.1. The van der Waals surface area contributed by atoms with Gasteiger partial charge in [-0.3, -0.25) is 9.59 Å². The smallest absolute Gasteiger partial charge is 0.303 e. The Morgan fingerprint density at radius 3 is 1.68 bits per heavy atom. The van der Waals surface area contributed by atoms with E-state index in [2.05, 4.69) is 13.8 Å². The number of hydrogen-bond donors (Lipinski definition) is 1. The molecule has 0 unspecified atom stereocenters. The second-order valence-corrected chi connectivity index (χ2v) is 5.00. The monoisotopic (exact) mass is 309 g/mol. The number of carboxylic acid groups (broad SMARTS) is 1. The number of aliphatic carboxylic acids is 1. The second-order valence-electron chi connectivity index (χ2n) is 5.00. The Labute approximate surface area is 135 Å². The first-order valence-corrected chi connectivity index (χ1v) is 7.94. The fourth-order valence-corrected chi connectivity index (χ4v) is 1.49. The van der Waals surface area contributed by atoms with E-state index in [0.29, 0.717) is 6.42 Å². The third-order valence-electron chi connectivity index (χ3n) is 2.42. The van der Waals surface area contributed by atoms with Gasteiger partial charge >= 0.3 is 5.97 Å². The van der Waals surface area contributed by atoms with Crippen molar-refractivity contribution in [2.75, 3.05) is 4.90 Å². The van der Waals surface area contributed by atoms with Gasteiger partial charge in [-0.15, -0.1) is 0 Å². The number of hydrogen-bond acceptors (Lipinski definition) is 2. The summed E-state index contributed by atoms with van der Waals surface area (Å²) in [5.74, 6) is -0.573. The maximum Gasteiger partial charge on any atom is 0.303 e. The summed E-state index contributed by atoms with van der Waals surface area (Å²) in [6.07, 6.45) is 2.02. The summed E-state index contributed by atoms with van der Waals surface area (Å²) in [6.45, 7) is 11.8. The van der Waals surface area contributed by atoms with Crippen LogP contribution in [0.1, 0.15) is 60.8 Å². The molecule has 0 saturated heterocycles. The van der Waals surface area contributed by atoms with Gasteiger partial charge < -0.3 is 10.0 Å². The molecule has 0 saturated carbocycles. The minimum atomic E-state index is -0.745. The van der Waals surface area contributed by atoms with Crippen LogP contribution in [0.3, 0.4) is 0 Å². The molecule has 0 aromatic heterocycles. The number of carbonyl (C=O) groups is 2. The molecule has 0 aliphatic carbocycles. The minimum Gasteiger partial charge on any atom is -0.481 e. The zero-order valence-electron chi connectivity index (χ0n) is 14.8. The van der Waals surface area contributed by atoms with E-state index in [0.717, 1.165) is 5.69 Å². The first kappa shape index (κ1) is 22.4. The standard InChI is InChI=1S/C12H17NO.C3H6O2.C3H8/c1-4-12(14)13(10(2)3)11-8-6-5-7-9-11;1-2-3(4)5;1-3-2/h5-10H,4H2,1-3H3;2H2,1H3,(H,4,5);3H2,1-2H3. The fraction of sp³-hybridized carbons (Fsp3) is 0.556. The SMILES string of the molecule is CCC.CCC(=O)N(c1ccccc1)C(C)C.CCC(=O)O. The maximum absolute atomic E-state index is 11.7. The average Bonchev–Trinajstić information content (AvgIpc) is 2.49. The lowest BCUT2D eigenvalue weighted by Gasteiger charge is -2.26. The van der Waals surface area contributed by atoms with Crippen molar-refractivity contribution in [3.05, 3.63) is 30.3 Å². The van der Waals surface area contributed by atoms with Crippen LogP contribution >= 0.6 is 0 Å². The topological polar surface area (TPSA) is 57.6 Å². The van der Waals surface area contributed by atoms with E-state index in [4.69, 9.17) is 5.11 Å². The summed E-state index contributed by atoms with van der Waals surface area (Å²) in [5.41, 5.74) is 0.981. The molecule has 0 fully saturated rings. The van der Waals surface area contributed by atoms with E-state index in [1.54, 1.807) is 6.92 Å². The number of carboxylic acids is 1. The van der Waals surface area contributed by atoms with Crippen LogP contribution in [0.15, 0.2) is 30.3 Å². The highest BCUT2D eigenvalue weighted by molar-refractivity contribution is 5.93. The number of nitrogens with zero attached hydrogens (tertiary/aromatic N) is 1. The van der Waals surface area contributed by atoms with Gasteiger partial charge in [0.25, 0.3) is 0 Å². The fourth-order valence-electron chi connectivity index (χ4n) is 1.49. The van der Waals surface area contributed by atoms with Gasteiger partial charge in [0.05, 0.1) is 0 Å². The first-order chi connectivity index (χ1) is 10.3. The van der Waals surface area contributed by atoms with E-state index in [1.807, 2.05) is 56.0 Å². The number of rotatable bonds is 4. The van der Waals surface area contributed by atoms with Gasteiger partial charge in [-0.1, -0.05) is 52.3 Å². The van der Waals surface area contributed by atoms with Crippen LogP contribution in [0, 0.1) is 0 Å². The van der Waals surface area contributed by atoms with Crippen molar-refractivity contribution >= 4 is 17.6 Å². The highest BCUT2D eigenvalue weighted by Gasteiger charge is 2.16. The van der Waals surface area contributed by atoms with Crippen LogP contribution in [-0.4, -0.2) is 23.0 Å².